The number of nitrogens with zero attached hydrogens (tertiary/aromatic N) is 2. The third kappa shape index (κ3) is 4.12. The molecule has 0 aromatic rings. The van der Waals surface area contributed by atoms with Crippen LogP contribution in [0.4, 0.5) is 0 Å². The van der Waals surface area contributed by atoms with Gasteiger partial charge in [0.1, 0.15) is 11.6 Å². The van der Waals surface area contributed by atoms with E-state index in [1.165, 1.54) is 0 Å². The molecular weight excluding hydrogens is 440 g/mol. The summed E-state index contributed by atoms with van der Waals surface area (Å²) in [5.41, 5.74) is -1.78. The number of unbranched alkanes of at least 4 members (excludes halogenated alkanes) is 2. The SMILES string of the molecule is CNC(=O)[C@@H]1[C@H]2C(=O)N(CCCCCO)C(C(=O)NCCN3CCOCC3)C23CC(C)[C@@]1(C)O3. The topological polar surface area (TPSA) is 120 Å². The minimum absolute atomic E-state index is 0.0387. The summed E-state index contributed by atoms with van der Waals surface area (Å²) in [6.07, 6.45) is 2.67. The van der Waals surface area contributed by atoms with E-state index in [2.05, 4.69) is 15.5 Å². The maximum Gasteiger partial charge on any atom is 0.245 e. The Morgan fingerprint density at radius 3 is 2.56 bits per heavy atom. The number of morpholine rings is 1. The van der Waals surface area contributed by atoms with Gasteiger partial charge in [0.15, 0.2) is 0 Å². The van der Waals surface area contributed by atoms with Crippen molar-refractivity contribution in [3.8, 4) is 0 Å². The Morgan fingerprint density at radius 1 is 1.15 bits per heavy atom. The molecule has 0 aromatic heterocycles. The van der Waals surface area contributed by atoms with Crippen LogP contribution in [0.25, 0.3) is 0 Å². The molecule has 0 saturated carbocycles. The van der Waals surface area contributed by atoms with E-state index >= 15 is 0 Å². The first kappa shape index (κ1) is 25.3. The summed E-state index contributed by atoms with van der Waals surface area (Å²) in [7, 11) is 1.58. The lowest BCUT2D eigenvalue weighted by atomic mass is 9.62. The summed E-state index contributed by atoms with van der Waals surface area (Å²) in [6.45, 7) is 8.75. The van der Waals surface area contributed by atoms with Gasteiger partial charge in [0.2, 0.25) is 17.7 Å². The zero-order valence-corrected chi connectivity index (χ0v) is 20.7. The Hall–Kier alpha value is -1.75. The lowest BCUT2D eigenvalue weighted by Crippen LogP contribution is -2.56. The Labute approximate surface area is 201 Å². The average molecular weight is 481 g/mol. The number of rotatable bonds is 10. The number of carbonyl (C=O) groups is 3. The first-order valence-electron chi connectivity index (χ1n) is 12.7. The first-order chi connectivity index (χ1) is 16.3. The van der Waals surface area contributed by atoms with Crippen LogP contribution in [0.15, 0.2) is 0 Å². The molecule has 10 nitrogen and oxygen atoms in total. The lowest BCUT2D eigenvalue weighted by Gasteiger charge is -2.36. The van der Waals surface area contributed by atoms with Gasteiger partial charge in [-0.2, -0.15) is 0 Å². The predicted molar refractivity (Wildman–Crippen MR) is 124 cm³/mol. The molecule has 4 saturated heterocycles. The van der Waals surface area contributed by atoms with Gasteiger partial charge in [0.05, 0.1) is 30.7 Å². The molecule has 4 aliphatic rings. The Morgan fingerprint density at radius 2 is 1.88 bits per heavy atom. The number of likely N-dealkylation sites (tertiary alicyclic amines) is 1. The summed E-state index contributed by atoms with van der Waals surface area (Å²) in [5.74, 6) is -1.83. The highest BCUT2D eigenvalue weighted by atomic mass is 16.5. The maximum absolute atomic E-state index is 13.8. The van der Waals surface area contributed by atoms with Crippen molar-refractivity contribution in [2.45, 2.75) is 56.8 Å². The quantitative estimate of drug-likeness (QED) is 0.356. The largest absolute Gasteiger partial charge is 0.396 e. The number of hydrogen-bond acceptors (Lipinski definition) is 7. The molecule has 4 rings (SSSR count). The number of hydrogen-bond donors (Lipinski definition) is 3. The second kappa shape index (κ2) is 10.1. The van der Waals surface area contributed by atoms with E-state index in [9.17, 15) is 14.4 Å². The molecule has 0 radical (unpaired) electrons. The number of ether oxygens (including phenoxy) is 2. The summed E-state index contributed by atoms with van der Waals surface area (Å²) in [4.78, 5) is 44.3. The van der Waals surface area contributed by atoms with Crippen LogP contribution in [-0.4, -0.2) is 109 Å². The molecule has 0 aliphatic carbocycles. The van der Waals surface area contributed by atoms with Crippen molar-refractivity contribution in [1.82, 2.24) is 20.4 Å². The molecular formula is C24H40N4O6. The van der Waals surface area contributed by atoms with Gasteiger partial charge in [0, 0.05) is 46.4 Å². The van der Waals surface area contributed by atoms with Crippen molar-refractivity contribution in [2.75, 3.05) is 59.6 Å². The number of aliphatic hydroxyl groups is 1. The van der Waals surface area contributed by atoms with E-state index < -0.39 is 29.1 Å². The Balaban J connectivity index is 1.56. The van der Waals surface area contributed by atoms with Gasteiger partial charge in [-0.05, 0) is 38.5 Å². The van der Waals surface area contributed by atoms with E-state index in [-0.39, 0.29) is 30.2 Å². The molecule has 4 fully saturated rings. The average Bonchev–Trinajstić information content (AvgIpc) is 3.33. The van der Waals surface area contributed by atoms with Gasteiger partial charge in [-0.15, -0.1) is 0 Å². The molecule has 0 aromatic carbocycles. The van der Waals surface area contributed by atoms with Gasteiger partial charge in [-0.25, -0.2) is 0 Å². The molecule has 10 heteroatoms. The molecule has 2 bridgehead atoms. The summed E-state index contributed by atoms with van der Waals surface area (Å²) < 4.78 is 12.0. The van der Waals surface area contributed by atoms with Gasteiger partial charge in [0.25, 0.3) is 0 Å². The van der Waals surface area contributed by atoms with E-state index in [1.807, 2.05) is 13.8 Å². The van der Waals surface area contributed by atoms with E-state index in [0.29, 0.717) is 45.6 Å². The van der Waals surface area contributed by atoms with Crippen molar-refractivity contribution in [3.63, 3.8) is 0 Å². The van der Waals surface area contributed by atoms with Gasteiger partial charge < -0.3 is 30.1 Å². The summed E-state index contributed by atoms with van der Waals surface area (Å²) >= 11 is 0. The summed E-state index contributed by atoms with van der Waals surface area (Å²) in [6, 6.07) is -0.761. The fourth-order valence-corrected chi connectivity index (χ4v) is 6.66. The number of carbonyl (C=O) groups excluding carboxylic acids is 3. The fourth-order valence-electron chi connectivity index (χ4n) is 6.66. The minimum atomic E-state index is -0.998. The van der Waals surface area contributed by atoms with Crippen molar-refractivity contribution >= 4 is 17.7 Å². The third-order valence-corrected chi connectivity index (χ3v) is 8.48. The molecule has 3 unspecified atom stereocenters. The zero-order chi connectivity index (χ0) is 24.5. The van der Waals surface area contributed by atoms with Crippen LogP contribution in [0, 0.1) is 17.8 Å². The summed E-state index contributed by atoms with van der Waals surface area (Å²) in [5, 5.41) is 14.9. The van der Waals surface area contributed by atoms with Crippen LogP contribution in [0.5, 0.6) is 0 Å². The van der Waals surface area contributed by atoms with E-state index in [1.54, 1.807) is 11.9 Å². The van der Waals surface area contributed by atoms with E-state index in [0.717, 1.165) is 26.1 Å². The van der Waals surface area contributed by atoms with Crippen LogP contribution in [-0.2, 0) is 23.9 Å². The molecule has 4 aliphatic heterocycles. The Bertz CT molecular complexity index is 789. The predicted octanol–water partition coefficient (Wildman–Crippen LogP) is -0.646. The second-order valence-corrected chi connectivity index (χ2v) is 10.4. The van der Waals surface area contributed by atoms with Crippen molar-refractivity contribution in [2.24, 2.45) is 17.8 Å². The van der Waals surface area contributed by atoms with Gasteiger partial charge in [-0.3, -0.25) is 19.3 Å². The van der Waals surface area contributed by atoms with Crippen molar-refractivity contribution < 1.29 is 29.0 Å². The van der Waals surface area contributed by atoms with Crippen LogP contribution >= 0.6 is 0 Å². The smallest absolute Gasteiger partial charge is 0.245 e. The number of aliphatic hydroxyl groups excluding tert-OH is 1. The number of nitrogens with one attached hydrogen (secondary N) is 2. The Kier molecular flexibility index (Phi) is 7.52. The normalized spacial score (nSPS) is 37.2. The van der Waals surface area contributed by atoms with Crippen LogP contribution in [0.1, 0.15) is 39.5 Å². The standard InChI is InChI=1S/C24H40N4O6/c1-16-15-24-18(17(20(30)25-3)23(16,2)34-24)22(32)28(8-5-4-6-12-29)19(24)21(31)26-7-9-27-10-13-33-14-11-27/h16-19,29H,4-15H2,1-3H3,(H,25,30)(H,26,31)/t16?,17-,18-,19?,23+,24?/m0/s1. The molecule has 4 heterocycles. The van der Waals surface area contributed by atoms with Gasteiger partial charge >= 0.3 is 0 Å². The monoisotopic (exact) mass is 480 g/mol. The molecule has 1 spiro atoms. The molecule has 34 heavy (non-hydrogen) atoms. The second-order valence-electron chi connectivity index (χ2n) is 10.4. The highest BCUT2D eigenvalue weighted by molar-refractivity contribution is 5.99. The molecule has 6 atom stereocenters. The highest BCUT2D eigenvalue weighted by Crippen LogP contribution is 2.65. The molecule has 192 valence electrons. The maximum atomic E-state index is 13.8. The van der Waals surface area contributed by atoms with Crippen LogP contribution in [0.2, 0.25) is 0 Å². The van der Waals surface area contributed by atoms with Crippen molar-refractivity contribution in [1.29, 1.82) is 0 Å². The minimum Gasteiger partial charge on any atom is -0.396 e. The lowest BCUT2D eigenvalue weighted by molar-refractivity contribution is -0.147. The van der Waals surface area contributed by atoms with Crippen LogP contribution < -0.4 is 10.6 Å². The van der Waals surface area contributed by atoms with Crippen LogP contribution in [0.3, 0.4) is 0 Å². The van der Waals surface area contributed by atoms with Crippen molar-refractivity contribution in [3.05, 3.63) is 0 Å². The van der Waals surface area contributed by atoms with E-state index in [4.69, 9.17) is 14.6 Å². The number of amides is 3. The zero-order valence-electron chi connectivity index (χ0n) is 20.7. The molecule has 3 N–H and O–H groups in total. The number of fused-ring (bicyclic) bond motifs is 1. The molecule has 3 amide bonds. The first-order valence-corrected chi connectivity index (χ1v) is 12.7. The third-order valence-electron chi connectivity index (χ3n) is 8.48. The highest BCUT2D eigenvalue weighted by Gasteiger charge is 2.79. The fraction of sp³-hybridized carbons (Fsp3) is 0.875. The van der Waals surface area contributed by atoms with Gasteiger partial charge in [-0.1, -0.05) is 6.92 Å².